The molecule has 2 aliphatic carbocycles. The molecule has 0 radical (unpaired) electrons. The molecule has 15 heteroatoms. The number of aromatic nitrogens is 2. The van der Waals surface area contributed by atoms with Crippen LogP contribution in [0.3, 0.4) is 0 Å². The Hall–Kier alpha value is -5.64. The van der Waals surface area contributed by atoms with Crippen LogP contribution in [0.25, 0.3) is 33.3 Å². The Balaban J connectivity index is 0.985. The number of nitrogens with zero attached hydrogens (tertiary/aromatic N) is 5. The van der Waals surface area contributed by atoms with E-state index in [-0.39, 0.29) is 66.7 Å². The van der Waals surface area contributed by atoms with E-state index in [0.29, 0.717) is 51.4 Å². The summed E-state index contributed by atoms with van der Waals surface area (Å²) >= 11 is 0. The third-order valence-electron chi connectivity index (χ3n) is 16.8. The van der Waals surface area contributed by atoms with Crippen LogP contribution >= 0.6 is 0 Å². The molecular weight excluding hydrogens is 909 g/mol. The zero-order valence-corrected chi connectivity index (χ0v) is 43.2. The minimum Gasteiger partial charge on any atom is -0.464 e. The maximum absolute atomic E-state index is 15.1. The van der Waals surface area contributed by atoms with Gasteiger partial charge in [-0.25, -0.2) is 5.43 Å². The fraction of sp³-hybridized carbons (Fsp3) is 0.579. The number of likely N-dealkylation sites (N-methyl/N-ethyl adjacent to an activating group) is 1. The summed E-state index contributed by atoms with van der Waals surface area (Å²) in [6.07, 6.45) is 9.17. The number of hydrogen-bond acceptors (Lipinski definition) is 10. The van der Waals surface area contributed by atoms with E-state index in [0.717, 1.165) is 88.6 Å². The third kappa shape index (κ3) is 9.92. The highest BCUT2D eigenvalue weighted by Gasteiger charge is 2.54. The van der Waals surface area contributed by atoms with Crippen molar-refractivity contribution in [2.45, 2.75) is 142 Å². The molecule has 6 aliphatic rings. The predicted octanol–water partition coefficient (Wildman–Crippen LogP) is 6.61. The molecule has 10 rings (SSSR count). The summed E-state index contributed by atoms with van der Waals surface area (Å²) in [5, 5.41) is 9.16. The highest BCUT2D eigenvalue weighted by molar-refractivity contribution is 5.96. The Morgan fingerprint density at radius 3 is 2.51 bits per heavy atom. The summed E-state index contributed by atoms with van der Waals surface area (Å²) in [6.45, 7) is 12.5. The van der Waals surface area contributed by atoms with Crippen molar-refractivity contribution in [2.24, 2.45) is 29.1 Å². The number of cyclic esters (lactones) is 1. The molecule has 4 aromatic rings. The van der Waals surface area contributed by atoms with Gasteiger partial charge in [0.1, 0.15) is 24.2 Å². The molecule has 5 fully saturated rings. The molecule has 2 aromatic carbocycles. The van der Waals surface area contributed by atoms with E-state index in [1.54, 1.807) is 25.3 Å². The van der Waals surface area contributed by atoms with Gasteiger partial charge in [-0.15, -0.1) is 0 Å². The number of aryl methyl sites for hydroxylation is 1. The van der Waals surface area contributed by atoms with Crippen molar-refractivity contribution in [1.82, 2.24) is 40.4 Å². The lowest BCUT2D eigenvalue weighted by atomic mass is 9.84. The molecule has 3 saturated heterocycles. The monoisotopic (exact) mass is 983 g/mol. The summed E-state index contributed by atoms with van der Waals surface area (Å²) in [5.41, 5.74) is 10.6. The summed E-state index contributed by atoms with van der Waals surface area (Å²) in [6, 6.07) is 16.3. The number of ether oxygens (including phenoxy) is 2. The van der Waals surface area contributed by atoms with Crippen molar-refractivity contribution < 1.29 is 33.4 Å². The van der Waals surface area contributed by atoms with Gasteiger partial charge >= 0.3 is 5.97 Å². The first kappa shape index (κ1) is 49.9. The van der Waals surface area contributed by atoms with Gasteiger partial charge in [0.25, 0.3) is 5.91 Å². The molecule has 8 atom stereocenters. The molecule has 4 aliphatic heterocycles. The Kier molecular flexibility index (Phi) is 14.1. The van der Waals surface area contributed by atoms with E-state index in [2.05, 4.69) is 77.8 Å². The molecule has 2 aromatic heterocycles. The molecule has 384 valence electrons. The van der Waals surface area contributed by atoms with Crippen LogP contribution in [0.4, 0.5) is 0 Å². The van der Waals surface area contributed by atoms with Crippen molar-refractivity contribution in [3.63, 3.8) is 0 Å². The maximum Gasteiger partial charge on any atom is 0.324 e. The van der Waals surface area contributed by atoms with Crippen molar-refractivity contribution in [2.75, 3.05) is 40.4 Å². The zero-order valence-electron chi connectivity index (χ0n) is 43.2. The Morgan fingerprint density at radius 1 is 0.986 bits per heavy atom. The minimum atomic E-state index is -1.03. The number of hydrazine groups is 1. The minimum absolute atomic E-state index is 0.0690. The lowest BCUT2D eigenvalue weighted by molar-refractivity contribution is -0.155. The standard InChI is InChI=1S/C57H74N8O7/c1-8-64-46-23-22-39-28-41(46)42(51(64)40-18-12-24-58-47(40)34(3)71-7)29-57(4,5)32-72-56(70)44-19-13-25-65(61-44)54(68)45(27-35-14-11-17-38(39)26-35)59-52(66)50(37-15-9-10-16-37)62(6)53(67)43-31-63(30-33(43)2)55(69)49-48(60-49)36-20-21-36/h11-12,14,17-18,22-24,26,28,33-34,36-37,43-45,48-50,60-61H,8-10,13,15-16,19-21,25,27,29-32H2,1-7H3,(H,59,66)/t33-,34+,43+,44+,45+,48-,49-,50?/m1/s1. The highest BCUT2D eigenvalue weighted by Crippen LogP contribution is 2.43. The third-order valence-corrected chi connectivity index (χ3v) is 16.8. The van der Waals surface area contributed by atoms with E-state index in [1.807, 2.05) is 36.9 Å². The maximum atomic E-state index is 15.1. The predicted molar refractivity (Wildman–Crippen MR) is 275 cm³/mol. The first-order valence-electron chi connectivity index (χ1n) is 26.7. The van der Waals surface area contributed by atoms with Crippen molar-refractivity contribution in [3.8, 4) is 22.4 Å². The van der Waals surface area contributed by atoms with Gasteiger partial charge in [-0.2, -0.15) is 0 Å². The van der Waals surface area contributed by atoms with E-state index >= 15 is 4.79 Å². The van der Waals surface area contributed by atoms with Crippen LogP contribution < -0.4 is 16.1 Å². The second kappa shape index (κ2) is 20.3. The average Bonchev–Trinajstić information content (AvgIpc) is 4.27. The van der Waals surface area contributed by atoms with Gasteiger partial charge in [0.15, 0.2) is 0 Å². The van der Waals surface area contributed by atoms with E-state index in [4.69, 9.17) is 14.5 Å². The summed E-state index contributed by atoms with van der Waals surface area (Å²) < 4.78 is 14.4. The summed E-state index contributed by atoms with van der Waals surface area (Å²) in [7, 11) is 3.42. The fourth-order valence-corrected chi connectivity index (χ4v) is 12.5. The number of benzene rings is 2. The number of fused-ring (bicyclic) bond motifs is 6. The van der Waals surface area contributed by atoms with E-state index < -0.39 is 35.4 Å². The molecular formula is C57H74N8O7. The molecule has 3 N–H and O–H groups in total. The normalized spacial score (nSPS) is 26.5. The van der Waals surface area contributed by atoms with Crippen LogP contribution in [0, 0.1) is 29.1 Å². The molecule has 1 unspecified atom stereocenters. The Morgan fingerprint density at radius 2 is 1.76 bits per heavy atom. The Bertz CT molecular complexity index is 2730. The molecule has 15 nitrogen and oxygen atoms in total. The van der Waals surface area contributed by atoms with Gasteiger partial charge in [-0.05, 0) is 123 Å². The number of methoxy groups -OCH3 is 1. The quantitative estimate of drug-likeness (QED) is 0.110. The van der Waals surface area contributed by atoms with Gasteiger partial charge < -0.3 is 29.2 Å². The van der Waals surface area contributed by atoms with Gasteiger partial charge in [0.2, 0.25) is 17.7 Å². The smallest absolute Gasteiger partial charge is 0.324 e. The van der Waals surface area contributed by atoms with Crippen LogP contribution in [0.15, 0.2) is 60.8 Å². The molecule has 2 saturated carbocycles. The number of hydrogen-bond donors (Lipinski definition) is 3. The van der Waals surface area contributed by atoms with Gasteiger partial charge in [-0.1, -0.05) is 63.9 Å². The van der Waals surface area contributed by atoms with Crippen molar-refractivity contribution >= 4 is 40.5 Å². The van der Waals surface area contributed by atoms with E-state index in [9.17, 15) is 19.2 Å². The number of rotatable bonds is 11. The van der Waals surface area contributed by atoms with Gasteiger partial charge in [-0.3, -0.25) is 39.3 Å². The lowest BCUT2D eigenvalue weighted by Gasteiger charge is -2.37. The van der Waals surface area contributed by atoms with Crippen LogP contribution in [-0.2, 0) is 52.8 Å². The molecule has 4 amide bonds. The number of esters is 1. The lowest BCUT2D eigenvalue weighted by Crippen LogP contribution is -2.62. The van der Waals surface area contributed by atoms with Crippen molar-refractivity contribution in [3.05, 3.63) is 77.6 Å². The Labute approximate surface area is 424 Å². The molecule has 6 bridgehead atoms. The topological polar surface area (TPSA) is 177 Å². The second-order valence-corrected chi connectivity index (χ2v) is 22.6. The summed E-state index contributed by atoms with van der Waals surface area (Å²) in [4.78, 5) is 80.6. The molecule has 72 heavy (non-hydrogen) atoms. The highest BCUT2D eigenvalue weighted by atomic mass is 16.5. The molecule has 6 heterocycles. The number of nitrogens with one attached hydrogen (secondary N) is 3. The zero-order chi connectivity index (χ0) is 50.6. The first-order chi connectivity index (χ1) is 34.6. The van der Waals surface area contributed by atoms with Gasteiger partial charge in [0.05, 0.1) is 30.0 Å². The van der Waals surface area contributed by atoms with E-state index in [1.165, 1.54) is 5.01 Å². The summed E-state index contributed by atoms with van der Waals surface area (Å²) in [5.74, 6) is -1.26. The molecule has 0 spiro atoms. The van der Waals surface area contributed by atoms with Crippen LogP contribution in [0.5, 0.6) is 0 Å². The number of likely N-dealkylation sites (tertiary alicyclic amines) is 1. The number of amides is 4. The number of pyridine rings is 1. The van der Waals surface area contributed by atoms with Crippen LogP contribution in [0.1, 0.15) is 109 Å². The fourth-order valence-electron chi connectivity index (χ4n) is 12.5. The first-order valence-corrected chi connectivity index (χ1v) is 26.7. The second-order valence-electron chi connectivity index (χ2n) is 22.6. The average molecular weight is 983 g/mol. The van der Waals surface area contributed by atoms with Crippen molar-refractivity contribution in [1.29, 1.82) is 0 Å². The van der Waals surface area contributed by atoms with Gasteiger partial charge in [0, 0.05) is 80.9 Å². The number of carbonyl (C=O) groups is 5. The SMILES string of the molecule is CCn1c(-c2cccnc2[C@H](C)OC)c2c3cc(ccc31)-c1cccc(c1)C[C@H](NC(=O)C(C1CCCC1)N(C)C(=O)[C@H]1CN(C(=O)[C@@H]3N[C@@H]3C3CC3)C[C@H]1C)C(=O)N1CCC[C@H](N1)C(=O)OCC(C)(C)C2. The van der Waals surface area contributed by atoms with Crippen LogP contribution in [0.2, 0.25) is 0 Å². The van der Waals surface area contributed by atoms with Crippen LogP contribution in [-0.4, -0.2) is 125 Å². The largest absolute Gasteiger partial charge is 0.464 e. The number of carbonyl (C=O) groups excluding carboxylic acids is 5.